The van der Waals surface area contributed by atoms with Gasteiger partial charge in [-0.05, 0) is 0 Å². The van der Waals surface area contributed by atoms with Crippen molar-refractivity contribution in [3.63, 3.8) is 0 Å². The van der Waals surface area contributed by atoms with Crippen molar-refractivity contribution in [3.05, 3.63) is 0 Å². The molecule has 0 aromatic heterocycles. The molecular weight excluding hydrogens is 454 g/mol. The summed E-state index contributed by atoms with van der Waals surface area (Å²) in [5.41, 5.74) is 0.223. The minimum atomic E-state index is -0.00594. The molecule has 0 bridgehead atoms. The molecule has 0 saturated heterocycles. The van der Waals surface area contributed by atoms with Gasteiger partial charge in [0.25, 0.3) is 0 Å². The van der Waals surface area contributed by atoms with Crippen LogP contribution in [0.1, 0.15) is 111 Å². The number of hydrogen-bond donors (Lipinski definition) is 0. The van der Waals surface area contributed by atoms with E-state index in [-0.39, 0.29) is 11.4 Å². The molecule has 0 amide bonds. The fourth-order valence-corrected chi connectivity index (χ4v) is 8.77. The zero-order chi connectivity index (χ0) is 19.5. The van der Waals surface area contributed by atoms with Crippen LogP contribution in [0.5, 0.6) is 0 Å². The second kappa shape index (κ2) is 18.9. The van der Waals surface area contributed by atoms with E-state index in [9.17, 15) is 4.79 Å². The molecule has 0 rings (SSSR count). The van der Waals surface area contributed by atoms with Gasteiger partial charge >= 0.3 is 169 Å². The second-order valence-corrected chi connectivity index (χ2v) is 16.3. The van der Waals surface area contributed by atoms with E-state index >= 15 is 0 Å². The molecule has 0 N–H and O–H groups in total. The normalized spacial score (nSPS) is 11.7. The minimum absolute atomic E-state index is 0.00594. The number of carbonyl (C=O) groups excluding carboxylic acids is 1. The van der Waals surface area contributed by atoms with E-state index in [2.05, 4.69) is 27.7 Å². The fourth-order valence-electron chi connectivity index (χ4n) is 2.68. The third-order valence-corrected chi connectivity index (χ3v) is 11.9. The quantitative estimate of drug-likeness (QED) is 0.118. The van der Waals surface area contributed by atoms with Crippen LogP contribution in [0.2, 0.25) is 10.6 Å². The van der Waals surface area contributed by atoms with Gasteiger partial charge in [0.15, 0.2) is 0 Å². The summed E-state index contributed by atoms with van der Waals surface area (Å²) >= 11 is 1.53. The summed E-state index contributed by atoms with van der Waals surface area (Å²) in [6.07, 6.45) is 17.2. The molecule has 0 atom stereocenters. The number of rotatable bonds is 18. The van der Waals surface area contributed by atoms with Gasteiger partial charge in [0, 0.05) is 0 Å². The average Bonchev–Trinajstić information content (AvgIpc) is 2.59. The van der Waals surface area contributed by atoms with Crippen LogP contribution < -0.4 is 0 Å². The molecule has 0 unspecified atom stereocenters. The van der Waals surface area contributed by atoms with Gasteiger partial charge in [0.1, 0.15) is 0 Å². The first-order chi connectivity index (χ1) is 12.5. The van der Waals surface area contributed by atoms with Gasteiger partial charge in [-0.1, -0.05) is 6.92 Å². The monoisotopic (exact) mass is 500 g/mol. The van der Waals surface area contributed by atoms with Gasteiger partial charge in [0.2, 0.25) is 0 Å². The van der Waals surface area contributed by atoms with E-state index in [0.29, 0.717) is 13.0 Å². The predicted octanol–water partition coefficient (Wildman–Crippen LogP) is 6.83. The van der Waals surface area contributed by atoms with Crippen molar-refractivity contribution >= 4 is 32.2 Å². The third kappa shape index (κ3) is 22.5. The summed E-state index contributed by atoms with van der Waals surface area (Å²) in [6.45, 7) is 9.44. The Morgan fingerprint density at radius 2 is 1.27 bits per heavy atom. The van der Waals surface area contributed by atoms with Crippen molar-refractivity contribution in [1.29, 1.82) is 0 Å². The summed E-state index contributed by atoms with van der Waals surface area (Å²) in [7, 11) is 0. The molecule has 0 saturated carbocycles. The van der Waals surface area contributed by atoms with Crippen LogP contribution in [-0.4, -0.2) is 38.8 Å². The Bertz CT molecular complexity index is 314. The van der Waals surface area contributed by atoms with Crippen LogP contribution in [-0.2, 0) is 9.53 Å². The van der Waals surface area contributed by atoms with Crippen LogP contribution >= 0.6 is 0 Å². The van der Waals surface area contributed by atoms with E-state index in [4.69, 9.17) is 4.74 Å². The standard InChI is InChI=1S/C22H44O2Se2/c1-5-6-7-8-9-10-11-12-13-14-15-19-25-26-20-18-24-21(23)16-17-22(2,3)4/h5-20H2,1-4H3. The van der Waals surface area contributed by atoms with E-state index in [1.165, 1.54) is 75.9 Å². The topological polar surface area (TPSA) is 26.3 Å². The number of hydrogen-bond acceptors (Lipinski definition) is 2. The van der Waals surface area contributed by atoms with Gasteiger partial charge in [-0.3, -0.25) is 0 Å². The Morgan fingerprint density at radius 3 is 1.81 bits per heavy atom. The number of esters is 1. The fraction of sp³-hybridized carbons (Fsp3) is 0.955. The molecule has 4 heteroatoms. The summed E-state index contributed by atoms with van der Waals surface area (Å²) in [6, 6.07) is 0. The molecule has 2 nitrogen and oxygen atoms in total. The second-order valence-electron chi connectivity index (χ2n) is 8.46. The number of ether oxygens (including phenoxy) is 1. The predicted molar refractivity (Wildman–Crippen MR) is 117 cm³/mol. The SMILES string of the molecule is CCCCCCCCCCCCC[Se][Se]CCOC(=O)CCC(C)(C)C. The molecule has 0 spiro atoms. The Hall–Kier alpha value is 0.509. The van der Waals surface area contributed by atoms with Crippen LogP contribution in [0.25, 0.3) is 0 Å². The zero-order valence-electron chi connectivity index (χ0n) is 17.9. The molecular formula is C22H44O2Se2. The maximum absolute atomic E-state index is 11.6. The zero-order valence-corrected chi connectivity index (χ0v) is 21.4. The Balaban J connectivity index is 3.14. The van der Waals surface area contributed by atoms with Crippen LogP contribution in [0.15, 0.2) is 0 Å². The summed E-state index contributed by atoms with van der Waals surface area (Å²) in [4.78, 5) is 11.6. The van der Waals surface area contributed by atoms with Crippen molar-refractivity contribution < 1.29 is 9.53 Å². The van der Waals surface area contributed by atoms with Crippen LogP contribution in [0, 0.1) is 5.41 Å². The molecule has 0 heterocycles. The van der Waals surface area contributed by atoms with E-state index in [0.717, 1.165) is 38.0 Å². The van der Waals surface area contributed by atoms with Gasteiger partial charge < -0.3 is 0 Å². The molecule has 0 fully saturated rings. The van der Waals surface area contributed by atoms with Crippen molar-refractivity contribution in [2.75, 3.05) is 6.61 Å². The number of carbonyl (C=O) groups is 1. The summed E-state index contributed by atoms with van der Waals surface area (Å²) < 4.78 is 5.34. The van der Waals surface area contributed by atoms with E-state index in [1.807, 2.05) is 0 Å². The van der Waals surface area contributed by atoms with Crippen LogP contribution in [0.3, 0.4) is 0 Å². The van der Waals surface area contributed by atoms with Crippen molar-refractivity contribution in [1.82, 2.24) is 0 Å². The molecule has 0 aromatic rings. The van der Waals surface area contributed by atoms with E-state index < -0.39 is 0 Å². The van der Waals surface area contributed by atoms with Crippen molar-refractivity contribution in [2.24, 2.45) is 5.41 Å². The number of unbranched alkanes of at least 4 members (excludes halogenated alkanes) is 10. The summed E-state index contributed by atoms with van der Waals surface area (Å²) in [5, 5.41) is 2.55. The molecule has 0 radical (unpaired) electrons. The molecule has 0 aliphatic heterocycles. The molecule has 26 heavy (non-hydrogen) atoms. The molecule has 0 aliphatic carbocycles. The molecule has 0 aromatic carbocycles. The van der Waals surface area contributed by atoms with Crippen molar-refractivity contribution in [2.45, 2.75) is 122 Å². The first-order valence-corrected chi connectivity index (χ1v) is 17.6. The third-order valence-electron chi connectivity index (χ3n) is 4.42. The Labute approximate surface area is 175 Å². The van der Waals surface area contributed by atoms with Gasteiger partial charge in [-0.2, -0.15) is 0 Å². The molecule has 156 valence electrons. The average molecular weight is 499 g/mol. The Kier molecular flexibility index (Phi) is 19.2. The van der Waals surface area contributed by atoms with Crippen LogP contribution in [0.4, 0.5) is 0 Å². The first-order valence-electron chi connectivity index (χ1n) is 10.9. The molecule has 0 aliphatic rings. The van der Waals surface area contributed by atoms with Gasteiger partial charge in [-0.25, -0.2) is 0 Å². The Morgan fingerprint density at radius 1 is 0.769 bits per heavy atom. The van der Waals surface area contributed by atoms with Crippen molar-refractivity contribution in [3.8, 4) is 0 Å². The van der Waals surface area contributed by atoms with Gasteiger partial charge in [0.05, 0.1) is 0 Å². The van der Waals surface area contributed by atoms with E-state index in [1.54, 1.807) is 0 Å². The summed E-state index contributed by atoms with van der Waals surface area (Å²) in [5.74, 6) is -0.00594. The first kappa shape index (κ1) is 26.5. The van der Waals surface area contributed by atoms with Gasteiger partial charge in [-0.15, -0.1) is 0 Å². The maximum atomic E-state index is 11.6.